The van der Waals surface area contributed by atoms with Crippen molar-refractivity contribution in [3.63, 3.8) is 0 Å². The van der Waals surface area contributed by atoms with E-state index in [0.29, 0.717) is 5.56 Å². The van der Waals surface area contributed by atoms with E-state index in [1.165, 1.54) is 6.92 Å². The maximum atomic E-state index is 13.0. The zero-order valence-electron chi connectivity index (χ0n) is 19.0. The summed E-state index contributed by atoms with van der Waals surface area (Å²) < 4.78 is 0. The number of nitrogens with one attached hydrogen (secondary N) is 3. The van der Waals surface area contributed by atoms with Crippen LogP contribution in [-0.2, 0) is 25.6 Å². The van der Waals surface area contributed by atoms with Crippen molar-refractivity contribution < 1.29 is 34.5 Å². The van der Waals surface area contributed by atoms with Gasteiger partial charge in [0.25, 0.3) is 0 Å². The third-order valence-corrected chi connectivity index (χ3v) is 4.88. The highest BCUT2D eigenvalue weighted by molar-refractivity contribution is 5.94. The minimum Gasteiger partial charge on any atom is -0.480 e. The Labute approximate surface area is 192 Å². The maximum absolute atomic E-state index is 13.0. The van der Waals surface area contributed by atoms with Crippen LogP contribution in [0.2, 0.25) is 0 Å². The van der Waals surface area contributed by atoms with Gasteiger partial charge in [-0.3, -0.25) is 14.4 Å². The monoisotopic (exact) mass is 466 g/mol. The van der Waals surface area contributed by atoms with Gasteiger partial charge in [0.1, 0.15) is 24.2 Å². The molecule has 0 aliphatic heterocycles. The summed E-state index contributed by atoms with van der Waals surface area (Å²) in [7, 11) is 0. The van der Waals surface area contributed by atoms with Crippen LogP contribution in [0.5, 0.6) is 0 Å². The number of benzene rings is 1. The van der Waals surface area contributed by atoms with Crippen LogP contribution in [-0.4, -0.2) is 75.9 Å². The number of rotatable bonds is 13. The number of carboxylic acids is 1. The Morgan fingerprint density at radius 1 is 0.879 bits per heavy atom. The smallest absolute Gasteiger partial charge is 0.328 e. The first kappa shape index (κ1) is 28.0. The van der Waals surface area contributed by atoms with Gasteiger partial charge in [0.05, 0.1) is 12.7 Å². The second-order valence-corrected chi connectivity index (χ2v) is 8.29. The van der Waals surface area contributed by atoms with Crippen LogP contribution in [0.3, 0.4) is 0 Å². The topological polar surface area (TPSA) is 191 Å². The fourth-order valence-electron chi connectivity index (χ4n) is 2.98. The number of carbonyl (C=O) groups is 4. The standard InChI is InChI=1S/C22H34N4O7/c1-12(2)9-15(25-21(31)18(23)13(3)28)19(29)24-16(10-14-7-5-4-6-8-14)20(30)26-17(11-27)22(32)33/h4-8,12-13,15-18,27-28H,9-11,23H2,1-3H3,(H,24,29)(H,25,31)(H,26,30)(H,32,33). The molecule has 5 unspecified atom stereocenters. The average molecular weight is 467 g/mol. The second-order valence-electron chi connectivity index (χ2n) is 8.29. The fourth-order valence-corrected chi connectivity index (χ4v) is 2.98. The molecule has 1 rings (SSSR count). The van der Waals surface area contributed by atoms with Crippen LogP contribution in [0.15, 0.2) is 30.3 Å². The highest BCUT2D eigenvalue weighted by Gasteiger charge is 2.31. The number of aliphatic carboxylic acids is 1. The predicted octanol–water partition coefficient (Wildman–Crippen LogP) is -1.49. The minimum atomic E-state index is -1.54. The molecule has 3 amide bonds. The Balaban J connectivity index is 3.09. The molecular formula is C22H34N4O7. The molecule has 0 radical (unpaired) electrons. The predicted molar refractivity (Wildman–Crippen MR) is 120 cm³/mol. The Bertz CT molecular complexity index is 801. The van der Waals surface area contributed by atoms with Crippen molar-refractivity contribution in [3.05, 3.63) is 35.9 Å². The molecule has 184 valence electrons. The summed E-state index contributed by atoms with van der Waals surface area (Å²) in [5, 5.41) is 35.2. The first-order valence-electron chi connectivity index (χ1n) is 10.7. The van der Waals surface area contributed by atoms with Crippen LogP contribution in [0.25, 0.3) is 0 Å². The van der Waals surface area contributed by atoms with Crippen molar-refractivity contribution in [2.75, 3.05) is 6.61 Å². The molecule has 11 nitrogen and oxygen atoms in total. The number of amides is 3. The van der Waals surface area contributed by atoms with Gasteiger partial charge in [0.15, 0.2) is 0 Å². The number of carbonyl (C=O) groups excluding carboxylic acids is 3. The van der Waals surface area contributed by atoms with Crippen LogP contribution in [0.1, 0.15) is 32.8 Å². The Hall–Kier alpha value is -3.02. The zero-order valence-corrected chi connectivity index (χ0v) is 19.0. The number of nitrogens with two attached hydrogens (primary N) is 1. The van der Waals surface area contributed by atoms with Crippen LogP contribution >= 0.6 is 0 Å². The molecule has 0 aliphatic carbocycles. The van der Waals surface area contributed by atoms with Crippen molar-refractivity contribution >= 4 is 23.7 Å². The summed E-state index contributed by atoms with van der Waals surface area (Å²) in [6.07, 6.45) is -0.847. The molecule has 0 aromatic heterocycles. The lowest BCUT2D eigenvalue weighted by Crippen LogP contribution is -2.59. The molecule has 0 heterocycles. The van der Waals surface area contributed by atoms with Gasteiger partial charge in [-0.1, -0.05) is 44.2 Å². The second kappa shape index (κ2) is 13.5. The lowest BCUT2D eigenvalue weighted by atomic mass is 10.0. The first-order valence-corrected chi connectivity index (χ1v) is 10.7. The molecular weight excluding hydrogens is 432 g/mol. The van der Waals surface area contributed by atoms with Crippen LogP contribution in [0.4, 0.5) is 0 Å². The normalized spacial score (nSPS) is 15.6. The SMILES string of the molecule is CC(C)CC(NC(=O)C(N)C(C)O)C(=O)NC(Cc1ccccc1)C(=O)NC(CO)C(=O)O. The molecule has 1 aromatic rings. The van der Waals surface area contributed by atoms with Crippen LogP contribution < -0.4 is 21.7 Å². The summed E-state index contributed by atoms with van der Waals surface area (Å²) in [6.45, 7) is 4.21. The van der Waals surface area contributed by atoms with E-state index < -0.39 is 60.6 Å². The molecule has 33 heavy (non-hydrogen) atoms. The maximum Gasteiger partial charge on any atom is 0.328 e. The third kappa shape index (κ3) is 9.56. The van der Waals surface area contributed by atoms with Crippen molar-refractivity contribution in [3.8, 4) is 0 Å². The Kier molecular flexibility index (Phi) is 11.5. The number of carboxylic acid groups (broad SMARTS) is 1. The van der Waals surface area contributed by atoms with Gasteiger partial charge in [-0.2, -0.15) is 0 Å². The number of hydrogen-bond donors (Lipinski definition) is 7. The average Bonchev–Trinajstić information content (AvgIpc) is 2.75. The number of aliphatic hydroxyl groups is 2. The molecule has 0 saturated carbocycles. The van der Waals surface area contributed by atoms with E-state index in [4.69, 9.17) is 10.8 Å². The van der Waals surface area contributed by atoms with Gasteiger partial charge in [-0.15, -0.1) is 0 Å². The van der Waals surface area contributed by atoms with E-state index in [1.807, 2.05) is 13.8 Å². The summed E-state index contributed by atoms with van der Waals surface area (Å²) in [5.74, 6) is -3.62. The van der Waals surface area contributed by atoms with E-state index in [2.05, 4.69) is 16.0 Å². The summed E-state index contributed by atoms with van der Waals surface area (Å²) in [4.78, 5) is 49.3. The molecule has 0 spiro atoms. The molecule has 0 saturated heterocycles. The van der Waals surface area contributed by atoms with Gasteiger partial charge < -0.3 is 37.0 Å². The number of hydrogen-bond acceptors (Lipinski definition) is 7. The van der Waals surface area contributed by atoms with E-state index in [0.717, 1.165) is 0 Å². The van der Waals surface area contributed by atoms with Gasteiger partial charge in [-0.25, -0.2) is 4.79 Å². The zero-order chi connectivity index (χ0) is 25.1. The molecule has 0 bridgehead atoms. The van der Waals surface area contributed by atoms with Gasteiger partial charge >= 0.3 is 5.97 Å². The Morgan fingerprint density at radius 3 is 1.88 bits per heavy atom. The summed E-state index contributed by atoms with van der Waals surface area (Å²) >= 11 is 0. The van der Waals surface area contributed by atoms with E-state index in [1.54, 1.807) is 30.3 Å². The minimum absolute atomic E-state index is 0.00370. The van der Waals surface area contributed by atoms with Crippen molar-refractivity contribution in [1.82, 2.24) is 16.0 Å². The van der Waals surface area contributed by atoms with Gasteiger partial charge in [0, 0.05) is 6.42 Å². The van der Waals surface area contributed by atoms with Gasteiger partial charge in [-0.05, 0) is 24.8 Å². The van der Waals surface area contributed by atoms with Crippen molar-refractivity contribution in [2.24, 2.45) is 11.7 Å². The van der Waals surface area contributed by atoms with E-state index >= 15 is 0 Å². The lowest BCUT2D eigenvalue weighted by Gasteiger charge is -2.26. The number of aliphatic hydroxyl groups excluding tert-OH is 2. The highest BCUT2D eigenvalue weighted by Crippen LogP contribution is 2.09. The Morgan fingerprint density at radius 2 is 1.39 bits per heavy atom. The molecule has 0 fully saturated rings. The van der Waals surface area contributed by atoms with Crippen molar-refractivity contribution in [2.45, 2.75) is 63.9 Å². The lowest BCUT2D eigenvalue weighted by molar-refractivity contribution is -0.143. The quantitative estimate of drug-likeness (QED) is 0.183. The van der Waals surface area contributed by atoms with E-state index in [-0.39, 0.29) is 18.8 Å². The van der Waals surface area contributed by atoms with Gasteiger partial charge in [0.2, 0.25) is 17.7 Å². The first-order chi connectivity index (χ1) is 15.5. The highest BCUT2D eigenvalue weighted by atomic mass is 16.4. The molecule has 0 aliphatic rings. The summed E-state index contributed by atoms with van der Waals surface area (Å²) in [5.41, 5.74) is 6.36. The fraction of sp³-hybridized carbons (Fsp3) is 0.545. The molecule has 1 aromatic carbocycles. The molecule has 8 N–H and O–H groups in total. The largest absolute Gasteiger partial charge is 0.480 e. The van der Waals surface area contributed by atoms with E-state index in [9.17, 15) is 29.4 Å². The summed E-state index contributed by atoms with van der Waals surface area (Å²) in [6, 6.07) is 3.76. The van der Waals surface area contributed by atoms with Crippen LogP contribution in [0, 0.1) is 5.92 Å². The molecule has 11 heteroatoms. The third-order valence-electron chi connectivity index (χ3n) is 4.88. The van der Waals surface area contributed by atoms with Crippen molar-refractivity contribution in [1.29, 1.82) is 0 Å². The molecule has 5 atom stereocenters.